The maximum Gasteiger partial charge on any atom is 0.493 e. The highest BCUT2D eigenvalue weighted by Gasteiger charge is 2.44. The van der Waals surface area contributed by atoms with Crippen LogP contribution in [0.4, 0.5) is 26.3 Å². The molecule has 0 aliphatic rings. The van der Waals surface area contributed by atoms with Gasteiger partial charge in [0, 0.05) is 16.0 Å². The Bertz CT molecular complexity index is 1300. The van der Waals surface area contributed by atoms with Crippen molar-refractivity contribution in [3.8, 4) is 5.95 Å². The maximum absolute atomic E-state index is 14.3. The molecule has 0 atom stereocenters. The number of benzene rings is 1. The molecular weight excluding hydrogens is 442 g/mol. The minimum atomic E-state index is -5.04. The number of thioether (sulfide) groups is 1. The molecule has 0 radical (unpaired) electrons. The largest absolute Gasteiger partial charge is 0.493 e. The minimum Gasteiger partial charge on any atom is -0.274 e. The topological polar surface area (TPSA) is 35.6 Å². The number of halogens is 6. The number of aryl methyl sites for hydroxylation is 2. The predicted molar refractivity (Wildman–Crippen MR) is 107 cm³/mol. The fourth-order valence-electron chi connectivity index (χ4n) is 3.65. The van der Waals surface area contributed by atoms with E-state index in [9.17, 15) is 26.3 Å². The van der Waals surface area contributed by atoms with E-state index < -0.39 is 29.8 Å². The smallest absolute Gasteiger partial charge is 0.274 e. The minimum absolute atomic E-state index is 0.000744. The van der Waals surface area contributed by atoms with Gasteiger partial charge >= 0.3 is 12.5 Å². The van der Waals surface area contributed by atoms with Gasteiger partial charge < -0.3 is 0 Å². The van der Waals surface area contributed by atoms with Crippen LogP contribution in [0.1, 0.15) is 23.9 Å². The van der Waals surface area contributed by atoms with E-state index >= 15 is 0 Å². The molecule has 31 heavy (non-hydrogen) atoms. The van der Waals surface area contributed by atoms with Gasteiger partial charge in [-0.3, -0.25) is 4.57 Å². The molecule has 0 aliphatic heterocycles. The van der Waals surface area contributed by atoms with Crippen molar-refractivity contribution in [2.24, 2.45) is 0 Å². The molecule has 0 aliphatic carbocycles. The lowest BCUT2D eigenvalue weighted by Crippen LogP contribution is -2.23. The summed E-state index contributed by atoms with van der Waals surface area (Å²) in [7, 11) is 0. The number of hydrogen-bond acceptors (Lipinski definition) is 3. The lowest BCUT2D eigenvalue weighted by Gasteiger charge is -2.17. The molecule has 0 saturated carbocycles. The molecule has 1 aromatic carbocycles. The van der Waals surface area contributed by atoms with Crippen LogP contribution in [-0.4, -0.2) is 24.9 Å². The van der Waals surface area contributed by atoms with E-state index in [0.717, 1.165) is 11.8 Å². The molecular formula is C20H16F6N4S. The Morgan fingerprint density at radius 1 is 0.968 bits per heavy atom. The van der Waals surface area contributed by atoms with Crippen molar-refractivity contribution in [3.63, 3.8) is 0 Å². The first-order chi connectivity index (χ1) is 14.4. The molecule has 0 amide bonds. The van der Waals surface area contributed by atoms with Crippen molar-refractivity contribution in [1.29, 1.82) is 0 Å². The number of pyridine rings is 1. The van der Waals surface area contributed by atoms with Crippen molar-refractivity contribution in [3.05, 3.63) is 47.3 Å². The zero-order valence-electron chi connectivity index (χ0n) is 16.6. The van der Waals surface area contributed by atoms with Crippen LogP contribution in [0.2, 0.25) is 0 Å². The first kappa shape index (κ1) is 21.5. The lowest BCUT2D eigenvalue weighted by atomic mass is 10.1. The van der Waals surface area contributed by atoms with Gasteiger partial charge in [0.05, 0.1) is 5.52 Å². The summed E-state index contributed by atoms with van der Waals surface area (Å²) in [6, 6.07) is 7.29. The number of nitrogens with zero attached hydrogens (tertiary/aromatic N) is 4. The summed E-state index contributed by atoms with van der Waals surface area (Å²) < 4.78 is 85.4. The molecule has 4 nitrogen and oxygen atoms in total. The monoisotopic (exact) mass is 458 g/mol. The molecule has 3 aromatic heterocycles. The maximum atomic E-state index is 14.3. The van der Waals surface area contributed by atoms with Gasteiger partial charge in [0.25, 0.3) is 0 Å². The number of imidazole rings is 1. The highest BCUT2D eigenvalue weighted by molar-refractivity contribution is 7.99. The Hall–Kier alpha value is -2.69. The fraction of sp³-hybridized carbons (Fsp3) is 0.300. The second-order valence-corrected chi connectivity index (χ2v) is 8.20. The van der Waals surface area contributed by atoms with Crippen LogP contribution < -0.4 is 0 Å². The number of rotatable bonds is 3. The Balaban J connectivity index is 2.25. The molecule has 0 N–H and O–H groups in total. The number of alkyl halides is 6. The summed E-state index contributed by atoms with van der Waals surface area (Å²) in [5, 5.41) is 0.256. The fourth-order valence-corrected chi connectivity index (χ4v) is 4.69. The summed E-state index contributed by atoms with van der Waals surface area (Å²) in [4.78, 5) is 7.74. The van der Waals surface area contributed by atoms with Crippen molar-refractivity contribution in [2.45, 2.75) is 38.1 Å². The summed E-state index contributed by atoms with van der Waals surface area (Å²) >= 11 is 0.936. The van der Waals surface area contributed by atoms with E-state index in [4.69, 9.17) is 0 Å². The zero-order valence-corrected chi connectivity index (χ0v) is 17.4. The molecule has 164 valence electrons. The van der Waals surface area contributed by atoms with Gasteiger partial charge in [-0.25, -0.2) is 14.5 Å². The van der Waals surface area contributed by atoms with Gasteiger partial charge in [-0.05, 0) is 43.4 Å². The average Bonchev–Trinajstić information content (AvgIpc) is 3.17. The van der Waals surface area contributed by atoms with Crippen molar-refractivity contribution in [1.82, 2.24) is 19.1 Å². The number of aromatic nitrogens is 4. The van der Waals surface area contributed by atoms with Crippen LogP contribution in [0, 0.1) is 13.8 Å². The third-order valence-electron chi connectivity index (χ3n) is 4.79. The highest BCUT2D eigenvalue weighted by Crippen LogP contribution is 2.46. The molecule has 0 unspecified atom stereocenters. The molecule has 0 bridgehead atoms. The molecule has 3 heterocycles. The van der Waals surface area contributed by atoms with Gasteiger partial charge in [-0.15, -0.1) is 24.9 Å². The van der Waals surface area contributed by atoms with Crippen LogP contribution in [0.25, 0.3) is 28.0 Å². The Morgan fingerprint density at radius 2 is 1.68 bits per heavy atom. The van der Waals surface area contributed by atoms with Crippen LogP contribution in [0.5, 0.6) is 0 Å². The SMILES string of the molecule is CCSc1c(C(F)(F)F)n(-c2nc3ccc(C)nc3n2C(F)(F)F)c2cccc(C)c12. The van der Waals surface area contributed by atoms with Crippen LogP contribution >= 0.6 is 11.8 Å². The molecule has 11 heteroatoms. The number of fused-ring (bicyclic) bond motifs is 2. The average molecular weight is 458 g/mol. The first-order valence-corrected chi connectivity index (χ1v) is 10.2. The van der Waals surface area contributed by atoms with Crippen molar-refractivity contribution in [2.75, 3.05) is 5.75 Å². The van der Waals surface area contributed by atoms with E-state index in [0.29, 0.717) is 15.9 Å². The molecule has 4 aromatic rings. The van der Waals surface area contributed by atoms with E-state index in [1.54, 1.807) is 19.9 Å². The molecule has 4 rings (SSSR count). The second kappa shape index (κ2) is 7.18. The summed E-state index contributed by atoms with van der Waals surface area (Å²) in [5.74, 6) is -0.584. The van der Waals surface area contributed by atoms with Gasteiger partial charge in [-0.1, -0.05) is 19.1 Å². The third-order valence-corrected chi connectivity index (χ3v) is 5.77. The van der Waals surface area contributed by atoms with Crippen molar-refractivity contribution < 1.29 is 26.3 Å². The zero-order chi connectivity index (χ0) is 22.7. The summed E-state index contributed by atoms with van der Waals surface area (Å²) in [6.45, 7) is 4.81. The van der Waals surface area contributed by atoms with Crippen molar-refractivity contribution >= 4 is 33.8 Å². The van der Waals surface area contributed by atoms with Crippen LogP contribution in [0.3, 0.4) is 0 Å². The highest BCUT2D eigenvalue weighted by atomic mass is 32.2. The van der Waals surface area contributed by atoms with E-state index in [2.05, 4.69) is 9.97 Å². The van der Waals surface area contributed by atoms with Gasteiger partial charge in [-0.2, -0.15) is 13.2 Å². The summed E-state index contributed by atoms with van der Waals surface area (Å²) in [5.41, 5.74) is -1.06. The van der Waals surface area contributed by atoms with E-state index in [1.807, 2.05) is 0 Å². The van der Waals surface area contributed by atoms with E-state index in [1.165, 1.54) is 31.2 Å². The quantitative estimate of drug-likeness (QED) is 0.256. The Labute approximate surface area is 176 Å². The predicted octanol–water partition coefficient (Wildman–Crippen LogP) is 6.60. The molecule has 0 spiro atoms. The standard InChI is InChI=1S/C20H16F6N4S/c1-4-31-15-14-10(2)6-5-7-13(14)29(16(15)19(21,22)23)18-28-12-9-8-11(3)27-17(12)30(18)20(24,25)26/h5-9H,4H2,1-3H3. The number of hydrogen-bond donors (Lipinski definition) is 0. The molecule has 0 fully saturated rings. The second-order valence-electron chi connectivity index (χ2n) is 6.92. The first-order valence-electron chi connectivity index (χ1n) is 9.22. The summed E-state index contributed by atoms with van der Waals surface area (Å²) in [6.07, 6.45) is -9.95. The van der Waals surface area contributed by atoms with Crippen LogP contribution in [-0.2, 0) is 12.5 Å². The van der Waals surface area contributed by atoms with Gasteiger partial charge in [0.2, 0.25) is 5.95 Å². The third kappa shape index (κ3) is 3.44. The van der Waals surface area contributed by atoms with Gasteiger partial charge in [0.15, 0.2) is 5.65 Å². The normalized spacial score (nSPS) is 12.9. The Morgan fingerprint density at radius 3 is 2.29 bits per heavy atom. The van der Waals surface area contributed by atoms with Gasteiger partial charge in [0.1, 0.15) is 11.2 Å². The lowest BCUT2D eigenvalue weighted by molar-refractivity contribution is -0.201. The van der Waals surface area contributed by atoms with Crippen LogP contribution in [0.15, 0.2) is 35.2 Å². The van der Waals surface area contributed by atoms with E-state index in [-0.39, 0.29) is 31.6 Å². The molecule has 0 saturated heterocycles. The Kier molecular flexibility index (Phi) is 4.99.